The molecule has 0 bridgehead atoms. The number of aliphatic carboxylic acids is 1. The average Bonchev–Trinajstić information content (AvgIpc) is 2.56. The molecule has 1 rings (SSSR count). The van der Waals surface area contributed by atoms with Gasteiger partial charge in [-0.15, -0.1) is 0 Å². The van der Waals surface area contributed by atoms with Gasteiger partial charge in [0.25, 0.3) is 0 Å². The first-order chi connectivity index (χ1) is 11.2. The van der Waals surface area contributed by atoms with E-state index >= 15 is 0 Å². The Morgan fingerprint density at radius 3 is 2.21 bits per heavy atom. The second-order valence-electron chi connectivity index (χ2n) is 6.54. The summed E-state index contributed by atoms with van der Waals surface area (Å²) in [5.41, 5.74) is 0. The summed E-state index contributed by atoms with van der Waals surface area (Å²) in [4.78, 5) is 23.1. The molecular formula is C19H31NaO4. The van der Waals surface area contributed by atoms with E-state index < -0.39 is 23.8 Å². The SMILES string of the molecule is CCCCCCCCC/C=C/OC(=O)C1CCCCC1C(=O)[O-].[Na+]. The van der Waals surface area contributed by atoms with Gasteiger partial charge in [0.2, 0.25) is 0 Å². The first-order valence-corrected chi connectivity index (χ1v) is 9.23. The minimum Gasteiger partial charge on any atom is -0.550 e. The summed E-state index contributed by atoms with van der Waals surface area (Å²) >= 11 is 0. The topological polar surface area (TPSA) is 66.4 Å². The molecule has 1 aliphatic carbocycles. The second kappa shape index (κ2) is 15.0. The number of allylic oxidation sites excluding steroid dienone is 1. The minimum absolute atomic E-state index is 0. The summed E-state index contributed by atoms with van der Waals surface area (Å²) < 4.78 is 5.11. The van der Waals surface area contributed by atoms with Crippen molar-refractivity contribution in [2.45, 2.75) is 84.0 Å². The van der Waals surface area contributed by atoms with Crippen molar-refractivity contribution in [1.29, 1.82) is 0 Å². The Labute approximate surface area is 168 Å². The predicted molar refractivity (Wildman–Crippen MR) is 88.3 cm³/mol. The van der Waals surface area contributed by atoms with Crippen LogP contribution in [0.5, 0.6) is 0 Å². The monoisotopic (exact) mass is 346 g/mol. The molecule has 0 N–H and O–H groups in total. The number of carbonyl (C=O) groups excluding carboxylic acids is 2. The number of esters is 1. The number of hydrogen-bond acceptors (Lipinski definition) is 4. The fourth-order valence-electron chi connectivity index (χ4n) is 3.19. The molecule has 132 valence electrons. The van der Waals surface area contributed by atoms with Crippen molar-refractivity contribution in [3.05, 3.63) is 12.3 Å². The van der Waals surface area contributed by atoms with Crippen molar-refractivity contribution in [2.24, 2.45) is 11.8 Å². The number of unbranched alkanes of at least 4 members (excludes halogenated alkanes) is 7. The van der Waals surface area contributed by atoms with Crippen LogP contribution in [0.3, 0.4) is 0 Å². The van der Waals surface area contributed by atoms with Crippen molar-refractivity contribution < 1.29 is 49.0 Å². The third-order valence-corrected chi connectivity index (χ3v) is 4.63. The zero-order valence-electron chi connectivity index (χ0n) is 15.4. The zero-order chi connectivity index (χ0) is 16.9. The Morgan fingerprint density at radius 2 is 1.58 bits per heavy atom. The molecule has 0 saturated heterocycles. The third kappa shape index (κ3) is 9.85. The normalized spacial score (nSPS) is 20.5. The van der Waals surface area contributed by atoms with Crippen LogP contribution in [-0.2, 0) is 14.3 Å². The van der Waals surface area contributed by atoms with Crippen molar-refractivity contribution in [3.63, 3.8) is 0 Å². The third-order valence-electron chi connectivity index (χ3n) is 4.63. The van der Waals surface area contributed by atoms with Gasteiger partial charge < -0.3 is 14.6 Å². The molecule has 0 heterocycles. The van der Waals surface area contributed by atoms with Crippen molar-refractivity contribution in [1.82, 2.24) is 0 Å². The Morgan fingerprint density at radius 1 is 1.00 bits per heavy atom. The molecule has 0 amide bonds. The molecule has 4 nitrogen and oxygen atoms in total. The molecular weight excluding hydrogens is 315 g/mol. The molecule has 24 heavy (non-hydrogen) atoms. The number of carboxylic acid groups (broad SMARTS) is 1. The van der Waals surface area contributed by atoms with Gasteiger partial charge >= 0.3 is 35.5 Å². The standard InChI is InChI=1S/C19H32O4.Na/c1-2-3-4-5-6-7-8-9-12-15-23-19(22)17-14-11-10-13-16(17)18(20)21;/h12,15-17H,2-11,13-14H2,1H3,(H,20,21);/q;+1/p-1/b15-12+;. The second-order valence-corrected chi connectivity index (χ2v) is 6.54. The number of rotatable bonds is 11. The van der Waals surface area contributed by atoms with E-state index in [4.69, 9.17) is 4.74 Å². The minimum atomic E-state index is -1.13. The summed E-state index contributed by atoms with van der Waals surface area (Å²) in [5.74, 6) is -2.78. The maximum Gasteiger partial charge on any atom is 1.00 e. The van der Waals surface area contributed by atoms with Crippen LogP contribution in [0.1, 0.15) is 84.0 Å². The summed E-state index contributed by atoms with van der Waals surface area (Å²) in [5, 5.41) is 11.1. The van der Waals surface area contributed by atoms with E-state index in [1.807, 2.05) is 6.08 Å². The molecule has 0 aromatic rings. The van der Waals surface area contributed by atoms with E-state index in [9.17, 15) is 14.7 Å². The van der Waals surface area contributed by atoms with Crippen molar-refractivity contribution >= 4 is 11.9 Å². The Hall–Kier alpha value is -0.320. The smallest absolute Gasteiger partial charge is 0.550 e. The van der Waals surface area contributed by atoms with Crippen LogP contribution in [0.4, 0.5) is 0 Å². The van der Waals surface area contributed by atoms with E-state index in [0.29, 0.717) is 12.8 Å². The number of ether oxygens (including phenoxy) is 1. The van der Waals surface area contributed by atoms with Crippen LogP contribution in [0.25, 0.3) is 0 Å². The number of hydrogen-bond donors (Lipinski definition) is 0. The van der Waals surface area contributed by atoms with Gasteiger partial charge in [-0.3, -0.25) is 4.79 Å². The van der Waals surface area contributed by atoms with Crippen LogP contribution in [-0.4, -0.2) is 11.9 Å². The van der Waals surface area contributed by atoms with E-state index in [-0.39, 0.29) is 29.6 Å². The van der Waals surface area contributed by atoms with E-state index in [2.05, 4.69) is 6.92 Å². The fraction of sp³-hybridized carbons (Fsp3) is 0.789. The van der Waals surface area contributed by atoms with Crippen LogP contribution < -0.4 is 34.7 Å². The van der Waals surface area contributed by atoms with Gasteiger partial charge in [-0.1, -0.05) is 58.3 Å². The van der Waals surface area contributed by atoms with Gasteiger partial charge in [0.15, 0.2) is 0 Å². The number of carbonyl (C=O) groups is 2. The largest absolute Gasteiger partial charge is 1.00 e. The van der Waals surface area contributed by atoms with Gasteiger partial charge in [-0.2, -0.15) is 0 Å². The molecule has 1 fully saturated rings. The van der Waals surface area contributed by atoms with Gasteiger partial charge in [-0.05, 0) is 31.8 Å². The number of carboxylic acids is 1. The molecule has 0 spiro atoms. The summed E-state index contributed by atoms with van der Waals surface area (Å²) in [6.07, 6.45) is 15.8. The van der Waals surface area contributed by atoms with E-state index in [0.717, 1.165) is 25.7 Å². The summed E-state index contributed by atoms with van der Waals surface area (Å²) in [6.45, 7) is 2.22. The van der Waals surface area contributed by atoms with E-state index in [1.165, 1.54) is 44.8 Å². The average molecular weight is 346 g/mol. The first kappa shape index (κ1) is 23.7. The Kier molecular flexibility index (Phi) is 14.8. The molecule has 0 aromatic carbocycles. The molecule has 0 radical (unpaired) electrons. The molecule has 2 atom stereocenters. The fourth-order valence-corrected chi connectivity index (χ4v) is 3.19. The summed E-state index contributed by atoms with van der Waals surface area (Å²) in [7, 11) is 0. The van der Waals surface area contributed by atoms with Gasteiger partial charge in [0.1, 0.15) is 0 Å². The molecule has 2 unspecified atom stereocenters. The van der Waals surface area contributed by atoms with Crippen LogP contribution in [0.15, 0.2) is 12.3 Å². The van der Waals surface area contributed by atoms with Gasteiger partial charge in [-0.25, -0.2) is 0 Å². The van der Waals surface area contributed by atoms with Crippen LogP contribution >= 0.6 is 0 Å². The van der Waals surface area contributed by atoms with E-state index in [1.54, 1.807) is 0 Å². The Bertz CT molecular complexity index is 382. The van der Waals surface area contributed by atoms with Crippen LogP contribution in [0, 0.1) is 11.8 Å². The molecule has 1 aliphatic rings. The maximum atomic E-state index is 12.0. The van der Waals surface area contributed by atoms with Crippen molar-refractivity contribution in [2.75, 3.05) is 0 Å². The molecule has 0 aromatic heterocycles. The predicted octanol–water partition coefficient (Wildman–Crippen LogP) is 0.744. The molecule has 1 saturated carbocycles. The summed E-state index contributed by atoms with van der Waals surface area (Å²) in [6, 6.07) is 0. The quantitative estimate of drug-likeness (QED) is 0.240. The van der Waals surface area contributed by atoms with Gasteiger partial charge in [0, 0.05) is 11.9 Å². The Balaban J connectivity index is 0.00000529. The molecule has 0 aliphatic heterocycles. The molecule has 5 heteroatoms. The first-order valence-electron chi connectivity index (χ1n) is 9.23. The zero-order valence-corrected chi connectivity index (χ0v) is 17.4. The van der Waals surface area contributed by atoms with Crippen LogP contribution in [0.2, 0.25) is 0 Å². The van der Waals surface area contributed by atoms with Gasteiger partial charge in [0.05, 0.1) is 12.2 Å². The maximum absolute atomic E-state index is 12.0. The van der Waals surface area contributed by atoms with Crippen molar-refractivity contribution in [3.8, 4) is 0 Å².